The van der Waals surface area contributed by atoms with E-state index in [0.717, 1.165) is 0 Å². The SMILES string of the molecule is CNc1c([N+](=O)[O-])cc(Br)c(C(OC(C)(C)C)C(=O)OC)c1Cl. The van der Waals surface area contributed by atoms with Gasteiger partial charge >= 0.3 is 5.97 Å². The number of carbonyl (C=O) groups is 1. The number of anilines is 1. The van der Waals surface area contributed by atoms with E-state index >= 15 is 0 Å². The van der Waals surface area contributed by atoms with Crippen molar-refractivity contribution in [3.8, 4) is 0 Å². The van der Waals surface area contributed by atoms with Crippen LogP contribution in [0.15, 0.2) is 10.5 Å². The van der Waals surface area contributed by atoms with Crippen LogP contribution in [0, 0.1) is 10.1 Å². The zero-order chi connectivity index (χ0) is 17.9. The predicted octanol–water partition coefficient (Wildman–Crippen LogP) is 4.08. The zero-order valence-corrected chi connectivity index (χ0v) is 15.7. The van der Waals surface area contributed by atoms with Crippen molar-refractivity contribution in [1.29, 1.82) is 0 Å². The summed E-state index contributed by atoms with van der Waals surface area (Å²) in [6.45, 7) is 5.32. The Morgan fingerprint density at radius 2 is 2.04 bits per heavy atom. The minimum atomic E-state index is -1.13. The van der Waals surface area contributed by atoms with Crippen molar-refractivity contribution < 1.29 is 19.2 Å². The molecule has 0 aliphatic carbocycles. The Bertz CT molecular complexity index is 631. The maximum absolute atomic E-state index is 12.1. The van der Waals surface area contributed by atoms with Crippen LogP contribution in [-0.2, 0) is 14.3 Å². The average Bonchev–Trinajstić information content (AvgIpc) is 2.43. The van der Waals surface area contributed by atoms with Crippen LogP contribution in [0.1, 0.15) is 32.4 Å². The van der Waals surface area contributed by atoms with Crippen molar-refractivity contribution in [2.75, 3.05) is 19.5 Å². The maximum atomic E-state index is 12.1. The number of hydrogen-bond acceptors (Lipinski definition) is 6. The molecule has 1 atom stereocenters. The van der Waals surface area contributed by atoms with Gasteiger partial charge in [-0.3, -0.25) is 10.1 Å². The highest BCUT2D eigenvalue weighted by Gasteiger charge is 2.34. The number of carbonyl (C=O) groups excluding carboxylic acids is 1. The number of methoxy groups -OCH3 is 1. The van der Waals surface area contributed by atoms with Gasteiger partial charge < -0.3 is 14.8 Å². The fraction of sp³-hybridized carbons (Fsp3) is 0.500. The number of hydrogen-bond donors (Lipinski definition) is 1. The van der Waals surface area contributed by atoms with E-state index in [1.807, 2.05) is 0 Å². The number of ether oxygens (including phenoxy) is 2. The standard InChI is InChI=1S/C14H18BrClN2O5/c1-14(2,3)23-12(13(19)22-5)9-7(15)6-8(18(20)21)11(17-4)10(9)16/h6,12,17H,1-5H3. The Labute approximate surface area is 147 Å². The molecule has 0 spiro atoms. The number of nitrogens with zero attached hydrogens (tertiary/aromatic N) is 1. The van der Waals surface area contributed by atoms with Crippen molar-refractivity contribution in [2.45, 2.75) is 32.5 Å². The molecule has 1 aromatic rings. The lowest BCUT2D eigenvalue weighted by molar-refractivity contribution is -0.384. The van der Waals surface area contributed by atoms with Gasteiger partial charge in [0.15, 0.2) is 6.10 Å². The second-order valence-electron chi connectivity index (χ2n) is 5.62. The molecular weight excluding hydrogens is 392 g/mol. The summed E-state index contributed by atoms with van der Waals surface area (Å²) in [5, 5.41) is 13.9. The van der Waals surface area contributed by atoms with Gasteiger partial charge in [0.1, 0.15) is 5.69 Å². The molecule has 0 aliphatic heterocycles. The van der Waals surface area contributed by atoms with Gasteiger partial charge in [0.05, 0.1) is 22.7 Å². The molecule has 23 heavy (non-hydrogen) atoms. The van der Waals surface area contributed by atoms with Crippen molar-refractivity contribution in [2.24, 2.45) is 0 Å². The van der Waals surface area contributed by atoms with E-state index in [0.29, 0.717) is 0 Å². The molecule has 0 bridgehead atoms. The summed E-state index contributed by atoms with van der Waals surface area (Å²) in [5.74, 6) is -0.654. The van der Waals surface area contributed by atoms with E-state index in [4.69, 9.17) is 21.1 Å². The van der Waals surface area contributed by atoms with Gasteiger partial charge in [0, 0.05) is 23.2 Å². The molecule has 1 rings (SSSR count). The Balaban J connectivity index is 3.60. The van der Waals surface area contributed by atoms with Crippen molar-refractivity contribution >= 4 is 44.9 Å². The number of esters is 1. The highest BCUT2D eigenvalue weighted by Crippen LogP contribution is 2.44. The lowest BCUT2D eigenvalue weighted by atomic mass is 10.1. The van der Waals surface area contributed by atoms with Crippen molar-refractivity contribution in [1.82, 2.24) is 0 Å². The topological polar surface area (TPSA) is 90.7 Å². The van der Waals surface area contributed by atoms with Crippen LogP contribution >= 0.6 is 27.5 Å². The van der Waals surface area contributed by atoms with Gasteiger partial charge in [-0.15, -0.1) is 0 Å². The highest BCUT2D eigenvalue weighted by atomic mass is 79.9. The van der Waals surface area contributed by atoms with Gasteiger partial charge in [-0.05, 0) is 20.8 Å². The van der Waals surface area contributed by atoms with Crippen LogP contribution in [-0.4, -0.2) is 30.7 Å². The van der Waals surface area contributed by atoms with E-state index in [1.165, 1.54) is 20.2 Å². The van der Waals surface area contributed by atoms with Gasteiger partial charge in [-0.25, -0.2) is 4.79 Å². The van der Waals surface area contributed by atoms with E-state index in [1.54, 1.807) is 20.8 Å². The third kappa shape index (κ3) is 4.55. The first-order chi connectivity index (χ1) is 10.5. The molecule has 1 N–H and O–H groups in total. The third-order valence-electron chi connectivity index (χ3n) is 2.83. The van der Waals surface area contributed by atoms with Crippen molar-refractivity contribution in [3.63, 3.8) is 0 Å². The monoisotopic (exact) mass is 408 g/mol. The molecule has 0 saturated carbocycles. The summed E-state index contributed by atoms with van der Waals surface area (Å²) < 4.78 is 10.8. The van der Waals surface area contributed by atoms with Crippen LogP contribution < -0.4 is 5.32 Å². The summed E-state index contributed by atoms with van der Waals surface area (Å²) in [5.41, 5.74) is -0.513. The van der Waals surface area contributed by atoms with Gasteiger partial charge in [-0.2, -0.15) is 0 Å². The normalized spacial score (nSPS) is 12.7. The molecule has 0 radical (unpaired) electrons. The van der Waals surface area contributed by atoms with Gasteiger partial charge in [0.25, 0.3) is 5.69 Å². The number of nitro groups is 1. The largest absolute Gasteiger partial charge is 0.467 e. The van der Waals surface area contributed by atoms with E-state index in [2.05, 4.69) is 21.2 Å². The molecule has 0 amide bonds. The second-order valence-corrected chi connectivity index (χ2v) is 6.85. The minimum Gasteiger partial charge on any atom is -0.467 e. The first-order valence-corrected chi connectivity index (χ1v) is 7.80. The number of nitrogens with one attached hydrogen (secondary N) is 1. The molecule has 0 saturated heterocycles. The number of halogens is 2. The average molecular weight is 410 g/mol. The fourth-order valence-electron chi connectivity index (χ4n) is 1.93. The Morgan fingerprint density at radius 1 is 1.48 bits per heavy atom. The van der Waals surface area contributed by atoms with Crippen LogP contribution in [0.5, 0.6) is 0 Å². The first kappa shape index (κ1) is 19.7. The van der Waals surface area contributed by atoms with Gasteiger partial charge in [-0.1, -0.05) is 27.5 Å². The number of benzene rings is 1. The van der Waals surface area contributed by atoms with E-state index < -0.39 is 22.6 Å². The van der Waals surface area contributed by atoms with Crippen LogP contribution in [0.3, 0.4) is 0 Å². The molecule has 128 valence electrons. The summed E-state index contributed by atoms with van der Waals surface area (Å²) in [4.78, 5) is 22.7. The number of nitro benzene ring substituents is 1. The smallest absolute Gasteiger partial charge is 0.339 e. The van der Waals surface area contributed by atoms with Crippen LogP contribution in [0.25, 0.3) is 0 Å². The highest BCUT2D eigenvalue weighted by molar-refractivity contribution is 9.10. The second kappa shape index (κ2) is 7.46. The molecule has 0 aromatic heterocycles. The maximum Gasteiger partial charge on any atom is 0.339 e. The molecule has 9 heteroatoms. The fourth-order valence-corrected chi connectivity index (χ4v) is 3.06. The molecule has 7 nitrogen and oxygen atoms in total. The Hall–Kier alpha value is -1.38. The van der Waals surface area contributed by atoms with Crippen LogP contribution in [0.2, 0.25) is 5.02 Å². The summed E-state index contributed by atoms with van der Waals surface area (Å²) in [7, 11) is 2.73. The summed E-state index contributed by atoms with van der Waals surface area (Å²) in [6, 6.07) is 1.27. The Morgan fingerprint density at radius 3 is 2.43 bits per heavy atom. The quantitative estimate of drug-likeness (QED) is 0.447. The predicted molar refractivity (Wildman–Crippen MR) is 90.9 cm³/mol. The zero-order valence-electron chi connectivity index (χ0n) is 13.4. The first-order valence-electron chi connectivity index (χ1n) is 6.63. The molecule has 0 fully saturated rings. The lowest BCUT2D eigenvalue weighted by Gasteiger charge is -2.27. The Kier molecular flexibility index (Phi) is 6.38. The van der Waals surface area contributed by atoms with Crippen LogP contribution in [0.4, 0.5) is 11.4 Å². The molecule has 1 aromatic carbocycles. The third-order valence-corrected chi connectivity index (χ3v) is 3.88. The molecular formula is C14H18BrClN2O5. The van der Waals surface area contributed by atoms with E-state index in [-0.39, 0.29) is 26.4 Å². The van der Waals surface area contributed by atoms with Gasteiger partial charge in [0.2, 0.25) is 0 Å². The van der Waals surface area contributed by atoms with E-state index in [9.17, 15) is 14.9 Å². The number of rotatable bonds is 5. The van der Waals surface area contributed by atoms with Crippen molar-refractivity contribution in [3.05, 3.63) is 31.2 Å². The molecule has 1 unspecified atom stereocenters. The minimum absolute atomic E-state index is 0.0215. The summed E-state index contributed by atoms with van der Waals surface area (Å²) >= 11 is 9.53. The molecule has 0 aliphatic rings. The molecule has 0 heterocycles. The summed E-state index contributed by atoms with van der Waals surface area (Å²) in [6.07, 6.45) is -1.13. The lowest BCUT2D eigenvalue weighted by Crippen LogP contribution is -2.28.